The van der Waals surface area contributed by atoms with Gasteiger partial charge in [0.15, 0.2) is 28.6 Å². The lowest BCUT2D eigenvalue weighted by Crippen LogP contribution is -1.99. The summed E-state index contributed by atoms with van der Waals surface area (Å²) in [6.07, 6.45) is 3.06. The van der Waals surface area contributed by atoms with Gasteiger partial charge in [-0.3, -0.25) is 0 Å². The number of nitrogen functional groups attached to an aromatic ring is 1. The Bertz CT molecular complexity index is 656. The molecule has 0 saturated heterocycles. The standard InChI is InChI=1S/C11H11N5O/c1-2-16-10(7-4-3-5-17-7)15-8-9(12)13-6-14-11(8)16/h3-6H,2H2,1H3,(H2,12,13,14). The van der Waals surface area contributed by atoms with Crippen LogP contribution in [0.2, 0.25) is 0 Å². The predicted octanol–water partition coefficient (Wildman–Crippen LogP) is 1.69. The number of furan rings is 1. The average Bonchev–Trinajstić information content (AvgIpc) is 2.95. The van der Waals surface area contributed by atoms with Gasteiger partial charge in [0.25, 0.3) is 0 Å². The van der Waals surface area contributed by atoms with Crippen LogP contribution in [0, 0.1) is 0 Å². The van der Waals surface area contributed by atoms with E-state index < -0.39 is 0 Å². The highest BCUT2D eigenvalue weighted by Crippen LogP contribution is 2.25. The maximum absolute atomic E-state index is 5.79. The van der Waals surface area contributed by atoms with E-state index in [0.29, 0.717) is 17.1 Å². The molecule has 6 heteroatoms. The molecule has 2 N–H and O–H groups in total. The topological polar surface area (TPSA) is 82.8 Å². The quantitative estimate of drug-likeness (QED) is 0.723. The van der Waals surface area contributed by atoms with Crippen molar-refractivity contribution in [2.75, 3.05) is 5.73 Å². The summed E-state index contributed by atoms with van der Waals surface area (Å²) in [5.74, 6) is 1.80. The Kier molecular flexibility index (Phi) is 2.07. The van der Waals surface area contributed by atoms with Crippen molar-refractivity contribution in [2.45, 2.75) is 13.5 Å². The predicted molar refractivity (Wildman–Crippen MR) is 63.1 cm³/mol. The van der Waals surface area contributed by atoms with Crippen molar-refractivity contribution in [2.24, 2.45) is 0 Å². The van der Waals surface area contributed by atoms with Crippen molar-refractivity contribution in [3.63, 3.8) is 0 Å². The monoisotopic (exact) mass is 229 g/mol. The van der Waals surface area contributed by atoms with Crippen LogP contribution in [0.3, 0.4) is 0 Å². The summed E-state index contributed by atoms with van der Waals surface area (Å²) in [7, 11) is 0. The van der Waals surface area contributed by atoms with Crippen molar-refractivity contribution >= 4 is 17.0 Å². The molecule has 0 unspecified atom stereocenters. The Morgan fingerprint density at radius 2 is 2.29 bits per heavy atom. The molecule has 3 aromatic rings. The van der Waals surface area contributed by atoms with E-state index in [0.717, 1.165) is 18.0 Å². The molecule has 0 aliphatic carbocycles. The van der Waals surface area contributed by atoms with Gasteiger partial charge >= 0.3 is 0 Å². The highest BCUT2D eigenvalue weighted by Gasteiger charge is 2.16. The van der Waals surface area contributed by atoms with Gasteiger partial charge in [0.2, 0.25) is 0 Å². The minimum absolute atomic E-state index is 0.384. The zero-order valence-electron chi connectivity index (χ0n) is 9.29. The van der Waals surface area contributed by atoms with Gasteiger partial charge in [-0.05, 0) is 19.1 Å². The lowest BCUT2D eigenvalue weighted by Gasteiger charge is -2.01. The summed E-state index contributed by atoms with van der Waals surface area (Å²) in [5.41, 5.74) is 7.13. The molecule has 0 bridgehead atoms. The zero-order valence-corrected chi connectivity index (χ0v) is 9.29. The smallest absolute Gasteiger partial charge is 0.178 e. The molecule has 3 aromatic heterocycles. The summed E-state index contributed by atoms with van der Waals surface area (Å²) in [6, 6.07) is 3.68. The fourth-order valence-corrected chi connectivity index (χ4v) is 1.85. The van der Waals surface area contributed by atoms with Crippen LogP contribution in [0.4, 0.5) is 5.82 Å². The van der Waals surface area contributed by atoms with Gasteiger partial charge in [-0.1, -0.05) is 0 Å². The number of anilines is 1. The van der Waals surface area contributed by atoms with Crippen LogP contribution in [0.25, 0.3) is 22.7 Å². The second-order valence-electron chi connectivity index (χ2n) is 3.59. The summed E-state index contributed by atoms with van der Waals surface area (Å²) < 4.78 is 7.31. The molecule has 0 aliphatic rings. The molecule has 3 rings (SSSR count). The fourth-order valence-electron chi connectivity index (χ4n) is 1.85. The Labute approximate surface area is 97.1 Å². The maximum atomic E-state index is 5.79. The Hall–Kier alpha value is -2.37. The number of hydrogen-bond donors (Lipinski definition) is 1. The molecule has 0 aliphatic heterocycles. The normalized spacial score (nSPS) is 11.1. The van der Waals surface area contributed by atoms with Crippen LogP contribution in [0.15, 0.2) is 29.1 Å². The summed E-state index contributed by atoms with van der Waals surface area (Å²) in [6.45, 7) is 2.76. The first-order chi connectivity index (χ1) is 8.31. The molecule has 0 radical (unpaired) electrons. The lowest BCUT2D eigenvalue weighted by molar-refractivity contribution is 0.571. The molecule has 6 nitrogen and oxygen atoms in total. The number of imidazole rings is 1. The Morgan fingerprint density at radius 3 is 3.00 bits per heavy atom. The number of aryl methyl sites for hydroxylation is 1. The number of nitrogens with two attached hydrogens (primary N) is 1. The van der Waals surface area contributed by atoms with Gasteiger partial charge in [0.05, 0.1) is 6.26 Å². The highest BCUT2D eigenvalue weighted by atomic mass is 16.3. The first kappa shape index (κ1) is 9.83. The SMILES string of the molecule is CCn1c(-c2ccco2)nc2c(N)ncnc21. The van der Waals surface area contributed by atoms with Crippen molar-refractivity contribution in [1.29, 1.82) is 0 Å². The van der Waals surface area contributed by atoms with Crippen molar-refractivity contribution < 1.29 is 4.42 Å². The largest absolute Gasteiger partial charge is 0.461 e. The van der Waals surface area contributed by atoms with Crippen LogP contribution in [-0.2, 0) is 6.54 Å². The Morgan fingerprint density at radius 1 is 1.41 bits per heavy atom. The van der Waals surface area contributed by atoms with E-state index in [-0.39, 0.29) is 0 Å². The van der Waals surface area contributed by atoms with Gasteiger partial charge in [0.1, 0.15) is 6.33 Å². The van der Waals surface area contributed by atoms with E-state index in [1.807, 2.05) is 23.6 Å². The summed E-state index contributed by atoms with van der Waals surface area (Å²) in [4.78, 5) is 12.6. The van der Waals surface area contributed by atoms with Crippen molar-refractivity contribution in [3.8, 4) is 11.6 Å². The van der Waals surface area contributed by atoms with E-state index in [4.69, 9.17) is 10.2 Å². The molecule has 86 valence electrons. The zero-order chi connectivity index (χ0) is 11.8. The van der Waals surface area contributed by atoms with Crippen LogP contribution in [0.5, 0.6) is 0 Å². The van der Waals surface area contributed by atoms with Crippen LogP contribution in [0.1, 0.15) is 6.92 Å². The minimum atomic E-state index is 0.384. The third kappa shape index (κ3) is 1.37. The first-order valence-corrected chi connectivity index (χ1v) is 5.32. The third-order valence-electron chi connectivity index (χ3n) is 2.62. The molecular weight excluding hydrogens is 218 g/mol. The molecule has 0 saturated carbocycles. The second kappa shape index (κ2) is 3.58. The van der Waals surface area contributed by atoms with Crippen LogP contribution < -0.4 is 5.73 Å². The van der Waals surface area contributed by atoms with Crippen molar-refractivity contribution in [3.05, 3.63) is 24.7 Å². The van der Waals surface area contributed by atoms with Gasteiger partial charge in [0, 0.05) is 6.54 Å². The van der Waals surface area contributed by atoms with E-state index >= 15 is 0 Å². The van der Waals surface area contributed by atoms with E-state index in [1.54, 1.807) is 6.26 Å². The Balaban J connectivity index is 2.36. The van der Waals surface area contributed by atoms with Crippen LogP contribution >= 0.6 is 0 Å². The molecule has 0 fully saturated rings. The summed E-state index contributed by atoms with van der Waals surface area (Å²) >= 11 is 0. The van der Waals surface area contributed by atoms with Gasteiger partial charge in [-0.25, -0.2) is 15.0 Å². The molecule has 0 aromatic carbocycles. The maximum Gasteiger partial charge on any atom is 0.178 e. The number of fused-ring (bicyclic) bond motifs is 1. The lowest BCUT2D eigenvalue weighted by atomic mass is 10.4. The van der Waals surface area contributed by atoms with Crippen molar-refractivity contribution in [1.82, 2.24) is 19.5 Å². The van der Waals surface area contributed by atoms with E-state index in [9.17, 15) is 0 Å². The van der Waals surface area contributed by atoms with Crippen LogP contribution in [-0.4, -0.2) is 19.5 Å². The molecule has 0 amide bonds. The van der Waals surface area contributed by atoms with Gasteiger partial charge < -0.3 is 14.7 Å². The third-order valence-corrected chi connectivity index (χ3v) is 2.62. The second-order valence-corrected chi connectivity index (χ2v) is 3.59. The van der Waals surface area contributed by atoms with Gasteiger partial charge in [-0.2, -0.15) is 0 Å². The number of aromatic nitrogens is 4. The van der Waals surface area contributed by atoms with Gasteiger partial charge in [-0.15, -0.1) is 0 Å². The van der Waals surface area contributed by atoms with E-state index in [1.165, 1.54) is 6.33 Å². The average molecular weight is 229 g/mol. The number of rotatable bonds is 2. The molecule has 0 atom stereocenters. The van der Waals surface area contributed by atoms with E-state index in [2.05, 4.69) is 15.0 Å². The summed E-state index contributed by atoms with van der Waals surface area (Å²) in [5, 5.41) is 0. The molecule has 17 heavy (non-hydrogen) atoms. The number of nitrogens with zero attached hydrogens (tertiary/aromatic N) is 4. The fraction of sp³-hybridized carbons (Fsp3) is 0.182. The molecule has 3 heterocycles. The number of hydrogen-bond acceptors (Lipinski definition) is 5. The highest BCUT2D eigenvalue weighted by molar-refractivity contribution is 5.84. The first-order valence-electron chi connectivity index (χ1n) is 5.32. The molecular formula is C11H11N5O. The molecule has 0 spiro atoms. The minimum Gasteiger partial charge on any atom is -0.461 e.